The van der Waals surface area contributed by atoms with Crippen molar-refractivity contribution in [1.82, 2.24) is 5.32 Å². The van der Waals surface area contributed by atoms with Gasteiger partial charge < -0.3 is 15.5 Å². The highest BCUT2D eigenvalue weighted by Gasteiger charge is 2.30. The first kappa shape index (κ1) is 26.1. The Morgan fingerprint density at radius 2 is 1.31 bits per heavy atom. The third kappa shape index (κ3) is 9.76. The van der Waals surface area contributed by atoms with E-state index in [1.165, 1.54) is 12.8 Å². The Bertz CT molecular complexity index is 664. The van der Waals surface area contributed by atoms with Crippen LogP contribution in [0, 0.1) is 42.2 Å². The van der Waals surface area contributed by atoms with Crippen molar-refractivity contribution in [2.24, 2.45) is 11.8 Å². The van der Waals surface area contributed by atoms with Crippen molar-refractivity contribution < 1.29 is 25.0 Å². The summed E-state index contributed by atoms with van der Waals surface area (Å²) in [5.74, 6) is 0.255. The number of nitro benzene ring substituents is 3. The lowest BCUT2D eigenvalue weighted by molar-refractivity contribution is -0.404. The van der Waals surface area contributed by atoms with Gasteiger partial charge in [-0.25, -0.2) is 0 Å². The van der Waals surface area contributed by atoms with E-state index in [9.17, 15) is 30.3 Å². The van der Waals surface area contributed by atoms with Crippen molar-refractivity contribution in [3.8, 4) is 5.75 Å². The van der Waals surface area contributed by atoms with E-state index in [-0.39, 0.29) is 6.61 Å². The minimum Gasteiger partial charge on any atom is -0.497 e. The highest BCUT2D eigenvalue weighted by molar-refractivity contribution is 5.64. The molecule has 0 fully saturated rings. The second-order valence-corrected chi connectivity index (χ2v) is 7.24. The molecule has 12 heteroatoms. The molecule has 0 aliphatic heterocycles. The molecule has 0 amide bonds. The van der Waals surface area contributed by atoms with Crippen molar-refractivity contribution in [1.29, 1.82) is 0 Å². The molecule has 0 aliphatic carbocycles. The predicted molar refractivity (Wildman–Crippen MR) is 106 cm³/mol. The first-order valence-electron chi connectivity index (χ1n) is 9.05. The number of aromatic hydroxyl groups is 1. The van der Waals surface area contributed by atoms with E-state index in [0.717, 1.165) is 18.4 Å². The Hall–Kier alpha value is -2.86. The van der Waals surface area contributed by atoms with E-state index in [1.807, 2.05) is 0 Å². The highest BCUT2D eigenvalue weighted by atomic mass is 16.6. The number of non-ortho nitro benzene ring substituents is 1. The van der Waals surface area contributed by atoms with Crippen molar-refractivity contribution in [2.45, 2.75) is 46.6 Å². The quantitative estimate of drug-likeness (QED) is 0.381. The van der Waals surface area contributed by atoms with Crippen LogP contribution in [0.1, 0.15) is 40.5 Å². The van der Waals surface area contributed by atoms with Gasteiger partial charge in [-0.1, -0.05) is 27.7 Å². The zero-order chi connectivity index (χ0) is 22.7. The SMILES string of the molecule is CC(C)CC(CC(C)C)NCCO.O=[N+]([O-])c1cc([N+](=O)[O-])c(O)c([N+](=O)[O-])c1. The molecule has 0 saturated heterocycles. The van der Waals surface area contributed by atoms with Gasteiger partial charge in [-0.2, -0.15) is 0 Å². The minimum atomic E-state index is -1.21. The van der Waals surface area contributed by atoms with Crippen LogP contribution in [0.4, 0.5) is 17.1 Å². The van der Waals surface area contributed by atoms with Gasteiger partial charge >= 0.3 is 11.4 Å². The molecule has 0 spiro atoms. The van der Waals surface area contributed by atoms with Gasteiger partial charge in [-0.3, -0.25) is 30.3 Å². The summed E-state index contributed by atoms with van der Waals surface area (Å²) in [5.41, 5.74) is -3.00. The number of benzene rings is 1. The summed E-state index contributed by atoms with van der Waals surface area (Å²) in [7, 11) is 0. The molecule has 0 saturated carbocycles. The van der Waals surface area contributed by atoms with E-state index in [0.29, 0.717) is 18.2 Å². The average Bonchev–Trinajstić information content (AvgIpc) is 2.58. The Labute approximate surface area is 168 Å². The fourth-order valence-electron chi connectivity index (χ4n) is 2.64. The Balaban J connectivity index is 0.000000555. The summed E-state index contributed by atoms with van der Waals surface area (Å²) in [6.07, 6.45) is 2.41. The normalized spacial score (nSPS) is 10.8. The maximum atomic E-state index is 10.4. The molecule has 164 valence electrons. The number of nitrogens with zero attached hydrogens (tertiary/aromatic N) is 3. The van der Waals surface area contributed by atoms with Crippen LogP contribution in [0.2, 0.25) is 0 Å². The van der Waals surface area contributed by atoms with Crippen molar-refractivity contribution in [3.63, 3.8) is 0 Å². The Kier molecular flexibility index (Phi) is 11.3. The first-order chi connectivity index (χ1) is 13.4. The number of aliphatic hydroxyl groups excluding tert-OH is 1. The van der Waals surface area contributed by atoms with E-state index in [2.05, 4.69) is 33.0 Å². The first-order valence-corrected chi connectivity index (χ1v) is 9.05. The summed E-state index contributed by atoms with van der Waals surface area (Å²) < 4.78 is 0. The van der Waals surface area contributed by atoms with Gasteiger partial charge in [-0.15, -0.1) is 0 Å². The molecule has 1 rings (SSSR count). The fourth-order valence-corrected chi connectivity index (χ4v) is 2.64. The monoisotopic (exact) mass is 416 g/mol. The van der Waals surface area contributed by atoms with Gasteiger partial charge in [0.05, 0.1) is 33.5 Å². The third-order valence-electron chi connectivity index (χ3n) is 3.72. The lowest BCUT2D eigenvalue weighted by Crippen LogP contribution is -2.33. The summed E-state index contributed by atoms with van der Waals surface area (Å²) in [4.78, 5) is 27.8. The summed E-state index contributed by atoms with van der Waals surface area (Å²) >= 11 is 0. The molecule has 1 aromatic carbocycles. The number of phenolic OH excluding ortho intramolecular Hbond substituents is 1. The number of hydrogen-bond donors (Lipinski definition) is 3. The molecule has 0 bridgehead atoms. The minimum absolute atomic E-state index is 0.243. The van der Waals surface area contributed by atoms with Crippen molar-refractivity contribution >= 4 is 17.1 Å². The number of nitrogens with one attached hydrogen (secondary N) is 1. The lowest BCUT2D eigenvalue weighted by Gasteiger charge is -2.21. The number of nitro groups is 3. The second-order valence-electron chi connectivity index (χ2n) is 7.24. The summed E-state index contributed by atoms with van der Waals surface area (Å²) in [6, 6.07) is 1.47. The zero-order valence-corrected chi connectivity index (χ0v) is 16.9. The standard InChI is InChI=1S/C11H25NO.C6H3N3O7/c1-9(2)7-11(8-10(3)4)12-5-6-13;10-6-4(8(13)14)1-3(7(11)12)2-5(6)9(15)16/h9-13H,5-8H2,1-4H3;1-2,10H. The van der Waals surface area contributed by atoms with Crippen LogP contribution in [-0.2, 0) is 0 Å². The third-order valence-corrected chi connectivity index (χ3v) is 3.72. The molecule has 0 aliphatic rings. The topological polar surface area (TPSA) is 182 Å². The molecule has 0 unspecified atom stereocenters. The molecule has 1 aromatic rings. The zero-order valence-electron chi connectivity index (χ0n) is 16.9. The van der Waals surface area contributed by atoms with Gasteiger partial charge in [0.1, 0.15) is 0 Å². The molecule has 29 heavy (non-hydrogen) atoms. The molecule has 12 nitrogen and oxygen atoms in total. The summed E-state index contributed by atoms with van der Waals surface area (Å²) in [6.45, 7) is 9.95. The fraction of sp³-hybridized carbons (Fsp3) is 0.647. The second kappa shape index (κ2) is 12.6. The molecule has 0 atom stereocenters. The van der Waals surface area contributed by atoms with Gasteiger partial charge in [0.2, 0.25) is 0 Å². The number of hydrogen-bond acceptors (Lipinski definition) is 9. The van der Waals surface area contributed by atoms with Crippen LogP contribution in [0.5, 0.6) is 5.75 Å². The van der Waals surface area contributed by atoms with E-state index >= 15 is 0 Å². The lowest BCUT2D eigenvalue weighted by atomic mass is 9.96. The van der Waals surface area contributed by atoms with E-state index < -0.39 is 37.6 Å². The largest absolute Gasteiger partial charge is 0.497 e. The van der Waals surface area contributed by atoms with Crippen LogP contribution in [0.15, 0.2) is 12.1 Å². The average molecular weight is 416 g/mol. The number of phenols is 1. The van der Waals surface area contributed by atoms with E-state index in [4.69, 9.17) is 10.2 Å². The van der Waals surface area contributed by atoms with Gasteiger partial charge in [0.25, 0.3) is 11.4 Å². The maximum absolute atomic E-state index is 10.4. The van der Waals surface area contributed by atoms with Crippen LogP contribution in [0.25, 0.3) is 0 Å². The smallest absolute Gasteiger partial charge is 0.324 e. The highest BCUT2D eigenvalue weighted by Crippen LogP contribution is 2.38. The maximum Gasteiger partial charge on any atom is 0.324 e. The van der Waals surface area contributed by atoms with Crippen LogP contribution in [-0.4, -0.2) is 44.2 Å². The number of aliphatic hydroxyl groups is 1. The van der Waals surface area contributed by atoms with Crippen LogP contribution < -0.4 is 5.32 Å². The molecule has 0 heterocycles. The van der Waals surface area contributed by atoms with Crippen LogP contribution >= 0.6 is 0 Å². The van der Waals surface area contributed by atoms with Crippen molar-refractivity contribution in [2.75, 3.05) is 13.2 Å². The summed E-state index contributed by atoms with van der Waals surface area (Å²) in [5, 5.41) is 52.3. The van der Waals surface area contributed by atoms with E-state index in [1.54, 1.807) is 0 Å². The van der Waals surface area contributed by atoms with Gasteiger partial charge in [-0.05, 0) is 24.7 Å². The molecule has 0 aromatic heterocycles. The van der Waals surface area contributed by atoms with Crippen LogP contribution in [0.3, 0.4) is 0 Å². The molecule has 3 N–H and O–H groups in total. The molecular formula is C17H28N4O8. The predicted octanol–water partition coefficient (Wildman–Crippen LogP) is 3.15. The Morgan fingerprint density at radius 3 is 1.59 bits per heavy atom. The van der Waals surface area contributed by atoms with Gasteiger partial charge in [0, 0.05) is 12.6 Å². The Morgan fingerprint density at radius 1 is 0.897 bits per heavy atom. The van der Waals surface area contributed by atoms with Gasteiger partial charge in [0.15, 0.2) is 0 Å². The number of rotatable bonds is 10. The molecule has 0 radical (unpaired) electrons. The molecular weight excluding hydrogens is 388 g/mol. The van der Waals surface area contributed by atoms with Crippen molar-refractivity contribution in [3.05, 3.63) is 42.5 Å².